The van der Waals surface area contributed by atoms with Crippen molar-refractivity contribution in [2.75, 3.05) is 0 Å². The van der Waals surface area contributed by atoms with Gasteiger partial charge in [0.15, 0.2) is 0 Å². The van der Waals surface area contributed by atoms with Crippen LogP contribution in [0.25, 0.3) is 5.69 Å². The zero-order valence-corrected chi connectivity index (χ0v) is 10.0. The van der Waals surface area contributed by atoms with Gasteiger partial charge in [-0.25, -0.2) is 4.39 Å². The number of hydrogen-bond donors (Lipinski definition) is 1. The molecule has 0 fully saturated rings. The van der Waals surface area contributed by atoms with Gasteiger partial charge in [0.2, 0.25) is 0 Å². The van der Waals surface area contributed by atoms with Gasteiger partial charge in [-0.05, 0) is 18.2 Å². The standard InChI is InChI=1S/C11H6F4N2OS/c12-8-2-1-7(4-9(8)19)17-10(18)3-6(5-16-17)11(13,14)15/h1-5,19H. The SMILES string of the molecule is O=c1cc(C(F)(F)F)cnn1-c1ccc(F)c(S)c1. The first-order valence-corrected chi connectivity index (χ1v) is 5.39. The Bertz CT molecular complexity index is 681. The summed E-state index contributed by atoms with van der Waals surface area (Å²) in [5.41, 5.74) is -1.97. The summed E-state index contributed by atoms with van der Waals surface area (Å²) in [6.07, 6.45) is -4.11. The highest BCUT2D eigenvalue weighted by Gasteiger charge is 2.31. The minimum absolute atomic E-state index is 0.0360. The molecule has 3 nitrogen and oxygen atoms in total. The minimum Gasteiger partial charge on any atom is -0.267 e. The smallest absolute Gasteiger partial charge is 0.267 e. The molecule has 100 valence electrons. The van der Waals surface area contributed by atoms with E-state index in [0.717, 1.165) is 10.7 Å². The Hall–Kier alpha value is -1.83. The highest BCUT2D eigenvalue weighted by atomic mass is 32.1. The van der Waals surface area contributed by atoms with Crippen molar-refractivity contribution < 1.29 is 17.6 Å². The highest BCUT2D eigenvalue weighted by molar-refractivity contribution is 7.80. The summed E-state index contributed by atoms with van der Waals surface area (Å²) < 4.78 is 50.8. The van der Waals surface area contributed by atoms with Gasteiger partial charge in [-0.1, -0.05) is 0 Å². The van der Waals surface area contributed by atoms with Gasteiger partial charge in [0.25, 0.3) is 5.56 Å². The average molecular weight is 290 g/mol. The molecule has 1 aromatic carbocycles. The first kappa shape index (κ1) is 13.6. The van der Waals surface area contributed by atoms with Crippen molar-refractivity contribution in [1.29, 1.82) is 0 Å². The van der Waals surface area contributed by atoms with Crippen molar-refractivity contribution >= 4 is 12.6 Å². The lowest BCUT2D eigenvalue weighted by atomic mass is 10.3. The van der Waals surface area contributed by atoms with Crippen LogP contribution in [0, 0.1) is 5.82 Å². The first-order valence-electron chi connectivity index (χ1n) is 4.94. The lowest BCUT2D eigenvalue weighted by Gasteiger charge is -2.08. The number of benzene rings is 1. The molecule has 1 heterocycles. The van der Waals surface area contributed by atoms with Crippen molar-refractivity contribution in [3.63, 3.8) is 0 Å². The lowest BCUT2D eigenvalue weighted by molar-refractivity contribution is -0.138. The second kappa shape index (κ2) is 4.69. The summed E-state index contributed by atoms with van der Waals surface area (Å²) in [5, 5.41) is 3.41. The Kier molecular flexibility index (Phi) is 3.36. The molecule has 0 saturated carbocycles. The van der Waals surface area contributed by atoms with Crippen molar-refractivity contribution in [1.82, 2.24) is 9.78 Å². The summed E-state index contributed by atoms with van der Waals surface area (Å²) >= 11 is 3.82. The molecule has 0 bridgehead atoms. The topological polar surface area (TPSA) is 34.9 Å². The molecule has 1 aromatic heterocycles. The average Bonchev–Trinajstić information content (AvgIpc) is 2.31. The fourth-order valence-electron chi connectivity index (χ4n) is 1.39. The van der Waals surface area contributed by atoms with Crippen molar-refractivity contribution in [3.05, 3.63) is 52.2 Å². The van der Waals surface area contributed by atoms with Crippen LogP contribution in [0.3, 0.4) is 0 Å². The van der Waals surface area contributed by atoms with E-state index in [4.69, 9.17) is 0 Å². The Morgan fingerprint density at radius 3 is 2.42 bits per heavy atom. The van der Waals surface area contributed by atoms with Crippen molar-refractivity contribution in [3.8, 4) is 5.69 Å². The van der Waals surface area contributed by atoms with Crippen LogP contribution < -0.4 is 5.56 Å². The summed E-state index contributed by atoms with van der Waals surface area (Å²) in [6, 6.07) is 3.88. The maximum atomic E-state index is 13.0. The molecule has 19 heavy (non-hydrogen) atoms. The monoisotopic (exact) mass is 290 g/mol. The van der Waals surface area contributed by atoms with E-state index in [1.54, 1.807) is 0 Å². The van der Waals surface area contributed by atoms with Gasteiger partial charge in [0.05, 0.1) is 17.4 Å². The molecule has 2 rings (SSSR count). The van der Waals surface area contributed by atoms with Crippen LogP contribution in [0.15, 0.2) is 40.2 Å². The highest BCUT2D eigenvalue weighted by Crippen LogP contribution is 2.27. The fraction of sp³-hybridized carbons (Fsp3) is 0.0909. The molecule has 0 unspecified atom stereocenters. The summed E-state index contributed by atoms with van der Waals surface area (Å²) in [6.45, 7) is 0. The van der Waals surface area contributed by atoms with E-state index >= 15 is 0 Å². The Morgan fingerprint density at radius 1 is 1.21 bits per heavy atom. The summed E-state index contributed by atoms with van der Waals surface area (Å²) in [7, 11) is 0. The number of thiol groups is 1. The Balaban J connectivity index is 2.52. The van der Waals surface area contributed by atoms with Gasteiger partial charge in [-0.2, -0.15) is 23.0 Å². The number of aromatic nitrogens is 2. The third-order valence-electron chi connectivity index (χ3n) is 2.30. The van der Waals surface area contributed by atoms with Crippen LogP contribution in [-0.4, -0.2) is 9.78 Å². The number of alkyl halides is 3. The van der Waals surface area contributed by atoms with Gasteiger partial charge >= 0.3 is 6.18 Å². The maximum absolute atomic E-state index is 13.0. The van der Waals surface area contributed by atoms with Crippen LogP contribution in [0.1, 0.15) is 5.56 Å². The number of nitrogens with zero attached hydrogens (tertiary/aromatic N) is 2. The van der Waals surface area contributed by atoms with E-state index in [-0.39, 0.29) is 10.6 Å². The molecular formula is C11H6F4N2OS. The Morgan fingerprint density at radius 2 is 1.89 bits per heavy atom. The third-order valence-corrected chi connectivity index (χ3v) is 2.64. The van der Waals surface area contributed by atoms with Gasteiger partial charge in [0, 0.05) is 11.0 Å². The lowest BCUT2D eigenvalue weighted by Crippen LogP contribution is -2.23. The van der Waals surface area contributed by atoms with Crippen LogP contribution >= 0.6 is 12.6 Å². The molecule has 8 heteroatoms. The molecule has 0 amide bonds. The maximum Gasteiger partial charge on any atom is 0.418 e. The molecule has 0 aliphatic carbocycles. The Labute approximate surface area is 109 Å². The van der Waals surface area contributed by atoms with Gasteiger partial charge in [-0.15, -0.1) is 12.6 Å². The molecule has 0 spiro atoms. The van der Waals surface area contributed by atoms with Crippen molar-refractivity contribution in [2.45, 2.75) is 11.1 Å². The minimum atomic E-state index is -4.64. The number of rotatable bonds is 1. The first-order chi connectivity index (χ1) is 8.79. The van der Waals surface area contributed by atoms with E-state index in [9.17, 15) is 22.4 Å². The summed E-state index contributed by atoms with van der Waals surface area (Å²) in [5.74, 6) is -0.605. The van der Waals surface area contributed by atoms with Crippen LogP contribution in [0.5, 0.6) is 0 Å². The molecular weight excluding hydrogens is 284 g/mol. The van der Waals surface area contributed by atoms with Gasteiger partial charge in [-0.3, -0.25) is 4.79 Å². The van der Waals surface area contributed by atoms with Crippen LogP contribution in [0.4, 0.5) is 17.6 Å². The number of halogens is 4. The predicted octanol–water partition coefficient (Wildman–Crippen LogP) is 2.68. The predicted molar refractivity (Wildman–Crippen MR) is 62.0 cm³/mol. The molecule has 0 aliphatic rings. The van der Waals surface area contributed by atoms with Crippen LogP contribution in [-0.2, 0) is 6.18 Å². The normalized spacial score (nSPS) is 11.6. The number of hydrogen-bond acceptors (Lipinski definition) is 3. The molecule has 0 atom stereocenters. The molecule has 2 aromatic rings. The molecule has 0 N–H and O–H groups in total. The van der Waals surface area contributed by atoms with E-state index in [1.807, 2.05) is 0 Å². The fourth-order valence-corrected chi connectivity index (χ4v) is 1.60. The van der Waals surface area contributed by atoms with E-state index in [0.29, 0.717) is 12.3 Å². The van der Waals surface area contributed by atoms with Gasteiger partial charge < -0.3 is 0 Å². The van der Waals surface area contributed by atoms with E-state index < -0.39 is 23.1 Å². The molecule has 0 saturated heterocycles. The second-order valence-electron chi connectivity index (χ2n) is 3.63. The zero-order chi connectivity index (χ0) is 14.2. The van der Waals surface area contributed by atoms with E-state index in [2.05, 4.69) is 17.7 Å². The third kappa shape index (κ3) is 2.78. The second-order valence-corrected chi connectivity index (χ2v) is 4.11. The van der Waals surface area contributed by atoms with Crippen LogP contribution in [0.2, 0.25) is 0 Å². The van der Waals surface area contributed by atoms with Crippen molar-refractivity contribution in [2.24, 2.45) is 0 Å². The molecule has 0 radical (unpaired) electrons. The molecule has 0 aliphatic heterocycles. The summed E-state index contributed by atoms with van der Waals surface area (Å²) in [4.78, 5) is 11.5. The van der Waals surface area contributed by atoms with Gasteiger partial charge in [0.1, 0.15) is 5.82 Å². The largest absolute Gasteiger partial charge is 0.418 e. The quantitative estimate of drug-likeness (QED) is 0.647. The zero-order valence-electron chi connectivity index (χ0n) is 9.15. The van der Waals surface area contributed by atoms with E-state index in [1.165, 1.54) is 12.1 Å².